The van der Waals surface area contributed by atoms with Crippen molar-refractivity contribution in [3.05, 3.63) is 65.5 Å². The van der Waals surface area contributed by atoms with Crippen LogP contribution in [-0.4, -0.2) is 11.7 Å². The summed E-state index contributed by atoms with van der Waals surface area (Å²) in [4.78, 5) is 12.4. The van der Waals surface area contributed by atoms with E-state index in [1.807, 2.05) is 18.2 Å². The van der Waals surface area contributed by atoms with E-state index in [1.165, 1.54) is 17.8 Å². The Balaban J connectivity index is 2.01. The average Bonchev–Trinajstić information content (AvgIpc) is 2.46. The van der Waals surface area contributed by atoms with Gasteiger partial charge >= 0.3 is 0 Å². The number of Topliss-reactive ketones (excluding diaryl/α,β-unsaturated/α-hetero) is 1. The molecule has 0 spiro atoms. The SMILES string of the molecule is O=C(CCl)c1ccc(SCc2ccccc2F)cc1. The van der Waals surface area contributed by atoms with Crippen molar-refractivity contribution >= 4 is 29.1 Å². The molecule has 0 saturated heterocycles. The Hall–Kier alpha value is -1.32. The van der Waals surface area contributed by atoms with Crippen LogP contribution in [0.5, 0.6) is 0 Å². The minimum Gasteiger partial charge on any atom is -0.293 e. The first-order valence-electron chi connectivity index (χ1n) is 5.76. The Morgan fingerprint density at radius 1 is 1.11 bits per heavy atom. The lowest BCUT2D eigenvalue weighted by atomic mass is 10.1. The largest absolute Gasteiger partial charge is 0.293 e. The Morgan fingerprint density at radius 3 is 2.42 bits per heavy atom. The molecule has 1 nitrogen and oxygen atoms in total. The second-order valence-corrected chi connectivity index (χ2v) is 5.28. The molecule has 0 aliphatic heterocycles. The summed E-state index contributed by atoms with van der Waals surface area (Å²) in [6.07, 6.45) is 0. The summed E-state index contributed by atoms with van der Waals surface area (Å²) < 4.78 is 13.4. The average molecular weight is 295 g/mol. The fourth-order valence-corrected chi connectivity index (χ4v) is 2.63. The summed E-state index contributed by atoms with van der Waals surface area (Å²) in [5.74, 6) is 0.272. The van der Waals surface area contributed by atoms with Gasteiger partial charge in [0.2, 0.25) is 0 Å². The van der Waals surface area contributed by atoms with Gasteiger partial charge in [0.1, 0.15) is 5.82 Å². The third kappa shape index (κ3) is 3.82. The fourth-order valence-electron chi connectivity index (χ4n) is 1.59. The molecule has 0 N–H and O–H groups in total. The van der Waals surface area contributed by atoms with Gasteiger partial charge in [0.05, 0.1) is 5.88 Å². The van der Waals surface area contributed by atoms with Crippen molar-refractivity contribution in [1.82, 2.24) is 0 Å². The van der Waals surface area contributed by atoms with Crippen molar-refractivity contribution in [3.8, 4) is 0 Å². The molecule has 0 bridgehead atoms. The van der Waals surface area contributed by atoms with E-state index in [-0.39, 0.29) is 17.5 Å². The molecular weight excluding hydrogens is 283 g/mol. The third-order valence-corrected chi connectivity index (χ3v) is 3.95. The van der Waals surface area contributed by atoms with Crippen LogP contribution in [0.3, 0.4) is 0 Å². The van der Waals surface area contributed by atoms with Crippen LogP contribution in [0.4, 0.5) is 4.39 Å². The van der Waals surface area contributed by atoms with Crippen LogP contribution in [0, 0.1) is 5.82 Å². The van der Waals surface area contributed by atoms with Gasteiger partial charge in [0, 0.05) is 16.2 Å². The first-order valence-corrected chi connectivity index (χ1v) is 7.28. The fraction of sp³-hybridized carbons (Fsp3) is 0.133. The summed E-state index contributed by atoms with van der Waals surface area (Å²) >= 11 is 7.02. The predicted molar refractivity (Wildman–Crippen MR) is 77.5 cm³/mol. The minimum absolute atomic E-state index is 0.0122. The van der Waals surface area contributed by atoms with E-state index in [9.17, 15) is 9.18 Å². The normalized spacial score (nSPS) is 10.4. The van der Waals surface area contributed by atoms with E-state index < -0.39 is 0 Å². The van der Waals surface area contributed by atoms with Gasteiger partial charge in [-0.1, -0.05) is 30.3 Å². The lowest BCUT2D eigenvalue weighted by Gasteiger charge is -2.04. The second-order valence-electron chi connectivity index (χ2n) is 3.96. The van der Waals surface area contributed by atoms with Crippen molar-refractivity contribution < 1.29 is 9.18 Å². The summed E-state index contributed by atoms with van der Waals surface area (Å²) in [6.45, 7) is 0. The van der Waals surface area contributed by atoms with Crippen LogP contribution in [0.2, 0.25) is 0 Å². The van der Waals surface area contributed by atoms with Crippen molar-refractivity contribution in [2.24, 2.45) is 0 Å². The van der Waals surface area contributed by atoms with Crippen molar-refractivity contribution in [3.63, 3.8) is 0 Å². The summed E-state index contributed by atoms with van der Waals surface area (Å²) in [6, 6.07) is 13.9. The maximum Gasteiger partial charge on any atom is 0.177 e. The molecule has 0 saturated carbocycles. The van der Waals surface area contributed by atoms with E-state index in [0.29, 0.717) is 16.9 Å². The molecule has 19 heavy (non-hydrogen) atoms. The van der Waals surface area contributed by atoms with E-state index in [0.717, 1.165) is 4.90 Å². The number of thioether (sulfide) groups is 1. The summed E-state index contributed by atoms with van der Waals surface area (Å²) in [5, 5.41) is 0. The summed E-state index contributed by atoms with van der Waals surface area (Å²) in [5.41, 5.74) is 1.28. The zero-order valence-electron chi connectivity index (χ0n) is 10.1. The zero-order chi connectivity index (χ0) is 13.7. The van der Waals surface area contributed by atoms with Crippen molar-refractivity contribution in [2.75, 3.05) is 5.88 Å². The highest BCUT2D eigenvalue weighted by molar-refractivity contribution is 7.98. The standard InChI is InChI=1S/C15H12ClFOS/c16-9-15(18)11-5-7-13(8-6-11)19-10-12-3-1-2-4-14(12)17/h1-8H,9-10H2. The molecule has 2 aromatic carbocycles. The number of carbonyl (C=O) groups excluding carboxylic acids is 1. The van der Waals surface area contributed by atoms with Gasteiger partial charge in [0.15, 0.2) is 5.78 Å². The number of ketones is 1. The molecule has 0 unspecified atom stereocenters. The van der Waals surface area contributed by atoms with E-state index in [1.54, 1.807) is 24.3 Å². The van der Waals surface area contributed by atoms with E-state index >= 15 is 0 Å². The highest BCUT2D eigenvalue weighted by Crippen LogP contribution is 2.24. The van der Waals surface area contributed by atoms with Crippen LogP contribution in [0.1, 0.15) is 15.9 Å². The third-order valence-electron chi connectivity index (χ3n) is 2.65. The first kappa shape index (κ1) is 14.1. The van der Waals surface area contributed by atoms with Crippen molar-refractivity contribution in [1.29, 1.82) is 0 Å². The number of halogens is 2. The van der Waals surface area contributed by atoms with E-state index in [4.69, 9.17) is 11.6 Å². The number of carbonyl (C=O) groups is 1. The maximum absolute atomic E-state index is 13.4. The van der Waals surface area contributed by atoms with Gasteiger partial charge in [-0.3, -0.25) is 4.79 Å². The molecule has 2 aromatic rings. The van der Waals surface area contributed by atoms with Crippen LogP contribution < -0.4 is 0 Å². The first-order chi connectivity index (χ1) is 9.20. The molecular formula is C15H12ClFOS. The number of rotatable bonds is 5. The molecule has 0 aliphatic rings. The molecule has 0 atom stereocenters. The van der Waals surface area contributed by atoms with Gasteiger partial charge < -0.3 is 0 Å². The van der Waals surface area contributed by atoms with Crippen LogP contribution in [0.15, 0.2) is 53.4 Å². The minimum atomic E-state index is -0.191. The molecule has 98 valence electrons. The molecule has 2 rings (SSSR count). The Kier molecular flexibility index (Phi) is 5.00. The van der Waals surface area contributed by atoms with Gasteiger partial charge in [-0.2, -0.15) is 0 Å². The van der Waals surface area contributed by atoms with Gasteiger partial charge in [-0.25, -0.2) is 4.39 Å². The van der Waals surface area contributed by atoms with Gasteiger partial charge in [-0.15, -0.1) is 23.4 Å². The monoisotopic (exact) mass is 294 g/mol. The Morgan fingerprint density at radius 2 is 1.79 bits per heavy atom. The lowest BCUT2D eigenvalue weighted by molar-refractivity contribution is 0.102. The molecule has 0 amide bonds. The molecule has 4 heteroatoms. The van der Waals surface area contributed by atoms with Crippen LogP contribution in [-0.2, 0) is 5.75 Å². The lowest BCUT2D eigenvalue weighted by Crippen LogP contribution is -1.99. The molecule has 0 radical (unpaired) electrons. The Bertz CT molecular complexity index is 569. The summed E-state index contributed by atoms with van der Waals surface area (Å²) in [7, 11) is 0. The topological polar surface area (TPSA) is 17.1 Å². The predicted octanol–water partition coefficient (Wildman–Crippen LogP) is 4.54. The van der Waals surface area contributed by atoms with Gasteiger partial charge in [0.25, 0.3) is 0 Å². The van der Waals surface area contributed by atoms with Crippen LogP contribution in [0.25, 0.3) is 0 Å². The van der Waals surface area contributed by atoms with Gasteiger partial charge in [-0.05, 0) is 23.8 Å². The highest BCUT2D eigenvalue weighted by Gasteiger charge is 2.05. The van der Waals surface area contributed by atoms with E-state index in [2.05, 4.69) is 0 Å². The number of benzene rings is 2. The zero-order valence-corrected chi connectivity index (χ0v) is 11.7. The number of hydrogen-bond donors (Lipinski definition) is 0. The molecule has 0 heterocycles. The smallest absolute Gasteiger partial charge is 0.177 e. The van der Waals surface area contributed by atoms with Crippen LogP contribution >= 0.6 is 23.4 Å². The number of hydrogen-bond acceptors (Lipinski definition) is 2. The second kappa shape index (κ2) is 6.73. The van der Waals surface area contributed by atoms with Crippen molar-refractivity contribution in [2.45, 2.75) is 10.6 Å². The quantitative estimate of drug-likeness (QED) is 0.457. The highest BCUT2D eigenvalue weighted by atomic mass is 35.5. The molecule has 0 fully saturated rings. The molecule has 0 aromatic heterocycles. The number of alkyl halides is 1. The maximum atomic E-state index is 13.4. The molecule has 0 aliphatic carbocycles. The Labute approximate surface area is 120 Å².